The molecule has 3 N–H and O–H groups in total. The van der Waals surface area contributed by atoms with Crippen LogP contribution in [0.4, 0.5) is 0 Å². The molecule has 4 rings (SSSR count). The first kappa shape index (κ1) is 19.9. The van der Waals surface area contributed by atoms with Gasteiger partial charge in [-0.05, 0) is 19.3 Å². The topological polar surface area (TPSA) is 124 Å². The van der Waals surface area contributed by atoms with E-state index in [0.29, 0.717) is 26.1 Å². The Balaban J connectivity index is 1.40. The summed E-state index contributed by atoms with van der Waals surface area (Å²) in [6.45, 7) is 3.71. The number of rotatable bonds is 7. The molecule has 3 saturated heterocycles. The van der Waals surface area contributed by atoms with Gasteiger partial charge in [0.05, 0.1) is 24.7 Å². The number of likely N-dealkylation sites (tertiary alicyclic amines) is 1. The fourth-order valence-corrected chi connectivity index (χ4v) is 5.18. The van der Waals surface area contributed by atoms with Gasteiger partial charge in [-0.2, -0.15) is 0 Å². The van der Waals surface area contributed by atoms with Crippen molar-refractivity contribution in [3.8, 4) is 0 Å². The number of H-pyrrole nitrogens is 2. The summed E-state index contributed by atoms with van der Waals surface area (Å²) in [7, 11) is 0. The van der Waals surface area contributed by atoms with Gasteiger partial charge in [-0.15, -0.1) is 0 Å². The maximum Gasteiger partial charge on any atom is 0.266 e. The monoisotopic (exact) mass is 404 g/mol. The third-order valence-corrected chi connectivity index (χ3v) is 6.67. The normalized spacial score (nSPS) is 29.8. The molecule has 0 aliphatic carbocycles. The quantitative estimate of drug-likeness (QED) is 0.586. The second-order valence-electron chi connectivity index (χ2n) is 8.50. The molecule has 29 heavy (non-hydrogen) atoms. The summed E-state index contributed by atoms with van der Waals surface area (Å²) in [5, 5.41) is 7.50. The van der Waals surface area contributed by atoms with Gasteiger partial charge in [0, 0.05) is 43.0 Å². The largest absolute Gasteiger partial charge is 0.369 e. The van der Waals surface area contributed by atoms with E-state index in [-0.39, 0.29) is 47.3 Å². The number of nitrogens with one attached hydrogen (secondary N) is 3. The first-order valence-corrected chi connectivity index (χ1v) is 10.4. The minimum Gasteiger partial charge on any atom is -0.369 e. The maximum absolute atomic E-state index is 12.8. The Kier molecular flexibility index (Phi) is 5.33. The SMILES string of the molecule is CCCCC(=O)NC[C@H]1[C@H]2CN(C(=O)Cc3cc(=O)[nH][nH]c3=O)C[C@]23CC[C@H]1O3. The van der Waals surface area contributed by atoms with Crippen LogP contribution >= 0.6 is 0 Å². The lowest BCUT2D eigenvalue weighted by molar-refractivity contribution is -0.131. The van der Waals surface area contributed by atoms with E-state index in [1.54, 1.807) is 4.90 Å². The Bertz CT molecular complexity index is 909. The molecule has 1 aromatic heterocycles. The summed E-state index contributed by atoms with van der Waals surface area (Å²) in [4.78, 5) is 49.9. The van der Waals surface area contributed by atoms with Crippen molar-refractivity contribution in [3.05, 3.63) is 32.3 Å². The van der Waals surface area contributed by atoms with E-state index in [1.165, 1.54) is 6.07 Å². The van der Waals surface area contributed by atoms with Crippen LogP contribution in [0.2, 0.25) is 0 Å². The number of carbonyl (C=O) groups excluding carboxylic acids is 2. The molecule has 3 fully saturated rings. The van der Waals surface area contributed by atoms with Crippen LogP contribution in [0, 0.1) is 11.8 Å². The number of unbranched alkanes of at least 4 members (excludes halogenated alkanes) is 1. The number of ether oxygens (including phenoxy) is 1. The minimum absolute atomic E-state index is 0.0723. The van der Waals surface area contributed by atoms with E-state index in [4.69, 9.17) is 4.74 Å². The molecule has 2 amide bonds. The number of aromatic nitrogens is 2. The van der Waals surface area contributed by atoms with Gasteiger partial charge < -0.3 is 15.0 Å². The molecule has 9 nitrogen and oxygen atoms in total. The average Bonchev–Trinajstić information content (AvgIpc) is 3.36. The Hall–Kier alpha value is -2.42. The molecule has 1 spiro atoms. The van der Waals surface area contributed by atoms with Crippen LogP contribution in [0.3, 0.4) is 0 Å². The van der Waals surface area contributed by atoms with Gasteiger partial charge in [-0.25, -0.2) is 0 Å². The molecule has 4 heterocycles. The standard InChI is InChI=1S/C20H28N4O5/c1-2-3-4-16(25)21-9-13-14-10-24(11-20(14)6-5-15(13)29-20)18(27)8-12-7-17(26)22-23-19(12)28/h7,13-15H,2-6,8-11H2,1H3,(H,21,25)(H,22,26)(H,23,28)/t13-,14+,15+,20+/m0/s1. The number of hydrogen-bond donors (Lipinski definition) is 3. The summed E-state index contributed by atoms with van der Waals surface area (Å²) in [5.41, 5.74) is -1.07. The molecule has 2 bridgehead atoms. The summed E-state index contributed by atoms with van der Waals surface area (Å²) >= 11 is 0. The lowest BCUT2D eigenvalue weighted by Crippen LogP contribution is -2.41. The van der Waals surface area contributed by atoms with Crippen molar-refractivity contribution in [1.82, 2.24) is 20.4 Å². The van der Waals surface area contributed by atoms with Crippen LogP contribution in [0.25, 0.3) is 0 Å². The van der Waals surface area contributed by atoms with E-state index in [0.717, 1.165) is 25.7 Å². The van der Waals surface area contributed by atoms with Crippen LogP contribution in [0.15, 0.2) is 15.7 Å². The summed E-state index contributed by atoms with van der Waals surface area (Å²) < 4.78 is 6.32. The minimum atomic E-state index is -0.458. The van der Waals surface area contributed by atoms with Crippen LogP contribution in [-0.2, 0) is 20.7 Å². The number of fused-ring (bicyclic) bond motifs is 1. The van der Waals surface area contributed by atoms with Crippen molar-refractivity contribution in [3.63, 3.8) is 0 Å². The summed E-state index contributed by atoms with van der Waals surface area (Å²) in [5.74, 6) is 0.287. The molecule has 1 aromatic rings. The Labute approximate surface area is 168 Å². The predicted octanol–water partition coefficient (Wildman–Crippen LogP) is -0.0819. The van der Waals surface area contributed by atoms with Gasteiger partial charge in [0.25, 0.3) is 11.1 Å². The van der Waals surface area contributed by atoms with Crippen molar-refractivity contribution in [2.75, 3.05) is 19.6 Å². The maximum atomic E-state index is 12.8. The van der Waals surface area contributed by atoms with Crippen molar-refractivity contribution in [2.45, 2.75) is 57.2 Å². The Morgan fingerprint density at radius 3 is 2.97 bits per heavy atom. The number of amides is 2. The molecular formula is C20H28N4O5. The Morgan fingerprint density at radius 1 is 1.34 bits per heavy atom. The molecule has 4 atom stereocenters. The fraction of sp³-hybridized carbons (Fsp3) is 0.700. The van der Waals surface area contributed by atoms with E-state index >= 15 is 0 Å². The zero-order valence-electron chi connectivity index (χ0n) is 16.7. The highest BCUT2D eigenvalue weighted by atomic mass is 16.5. The molecule has 3 aliphatic heterocycles. The molecule has 3 aliphatic rings. The number of aromatic amines is 2. The van der Waals surface area contributed by atoms with Crippen molar-refractivity contribution >= 4 is 11.8 Å². The second-order valence-corrected chi connectivity index (χ2v) is 8.50. The molecule has 0 aromatic carbocycles. The molecule has 0 radical (unpaired) electrons. The van der Waals surface area contributed by atoms with Gasteiger partial charge in [-0.3, -0.25) is 29.4 Å². The highest BCUT2D eigenvalue weighted by Crippen LogP contribution is 2.54. The van der Waals surface area contributed by atoms with Crippen LogP contribution in [0.5, 0.6) is 0 Å². The zero-order chi connectivity index (χ0) is 20.6. The Morgan fingerprint density at radius 2 is 2.17 bits per heavy atom. The third-order valence-electron chi connectivity index (χ3n) is 6.67. The first-order chi connectivity index (χ1) is 13.9. The lowest BCUT2D eigenvalue weighted by Gasteiger charge is -2.29. The van der Waals surface area contributed by atoms with E-state index in [1.807, 2.05) is 0 Å². The third kappa shape index (κ3) is 3.75. The van der Waals surface area contributed by atoms with E-state index < -0.39 is 11.1 Å². The smallest absolute Gasteiger partial charge is 0.266 e. The van der Waals surface area contributed by atoms with Gasteiger partial charge in [0.15, 0.2) is 0 Å². The molecule has 0 unspecified atom stereocenters. The van der Waals surface area contributed by atoms with E-state index in [9.17, 15) is 19.2 Å². The summed E-state index contributed by atoms with van der Waals surface area (Å²) in [6, 6.07) is 1.17. The highest BCUT2D eigenvalue weighted by Gasteiger charge is 2.63. The molecular weight excluding hydrogens is 376 g/mol. The van der Waals surface area contributed by atoms with Crippen LogP contribution < -0.4 is 16.4 Å². The lowest BCUT2D eigenvalue weighted by atomic mass is 9.73. The number of carbonyl (C=O) groups is 2. The van der Waals surface area contributed by atoms with Crippen molar-refractivity contribution < 1.29 is 14.3 Å². The first-order valence-electron chi connectivity index (χ1n) is 10.4. The fourth-order valence-electron chi connectivity index (χ4n) is 5.18. The zero-order valence-corrected chi connectivity index (χ0v) is 16.7. The van der Waals surface area contributed by atoms with Gasteiger partial charge in [0.1, 0.15) is 0 Å². The second kappa shape index (κ2) is 7.78. The van der Waals surface area contributed by atoms with Crippen LogP contribution in [0.1, 0.15) is 44.6 Å². The number of nitrogens with zero attached hydrogens (tertiary/aromatic N) is 1. The van der Waals surface area contributed by atoms with Gasteiger partial charge in [-0.1, -0.05) is 13.3 Å². The van der Waals surface area contributed by atoms with Crippen LogP contribution in [-0.4, -0.2) is 58.3 Å². The molecule has 158 valence electrons. The van der Waals surface area contributed by atoms with Gasteiger partial charge in [0.2, 0.25) is 11.8 Å². The predicted molar refractivity (Wildman–Crippen MR) is 104 cm³/mol. The van der Waals surface area contributed by atoms with Gasteiger partial charge >= 0.3 is 0 Å². The van der Waals surface area contributed by atoms with Crippen molar-refractivity contribution in [1.29, 1.82) is 0 Å². The molecule has 9 heteroatoms. The average molecular weight is 404 g/mol. The number of hydrogen-bond acceptors (Lipinski definition) is 5. The highest BCUT2D eigenvalue weighted by molar-refractivity contribution is 5.79. The molecule has 0 saturated carbocycles. The summed E-state index contributed by atoms with van der Waals surface area (Å²) in [6.07, 6.45) is 4.30. The van der Waals surface area contributed by atoms with Crippen molar-refractivity contribution in [2.24, 2.45) is 11.8 Å². The van der Waals surface area contributed by atoms with E-state index in [2.05, 4.69) is 22.4 Å².